The fraction of sp³-hybridized carbons (Fsp3) is 0.467. The summed E-state index contributed by atoms with van der Waals surface area (Å²) < 4.78 is 4.89. The average molecular weight is 295 g/mol. The Labute approximate surface area is 123 Å². The third-order valence-electron chi connectivity index (χ3n) is 3.06. The van der Waals surface area contributed by atoms with Crippen LogP contribution in [0.2, 0.25) is 0 Å². The number of ether oxygens (including phenoxy) is 1. The molecule has 0 saturated heterocycles. The summed E-state index contributed by atoms with van der Waals surface area (Å²) in [6, 6.07) is 4.27. The van der Waals surface area contributed by atoms with Gasteiger partial charge in [-0.15, -0.1) is 0 Å². The molecule has 0 radical (unpaired) electrons. The number of aromatic hydroxyl groups is 1. The van der Waals surface area contributed by atoms with Crippen molar-refractivity contribution in [3.05, 3.63) is 23.8 Å². The maximum Gasteiger partial charge on any atom is 0.308 e. The van der Waals surface area contributed by atoms with Crippen molar-refractivity contribution in [2.24, 2.45) is 11.8 Å². The first-order chi connectivity index (χ1) is 9.85. The van der Waals surface area contributed by atoms with Crippen LogP contribution in [0.5, 0.6) is 11.5 Å². The van der Waals surface area contributed by atoms with Gasteiger partial charge in [-0.05, 0) is 30.5 Å². The summed E-state index contributed by atoms with van der Waals surface area (Å²) in [6.07, 6.45) is 0.490. The van der Waals surface area contributed by atoms with E-state index in [1.165, 1.54) is 25.3 Å². The SMILES string of the molecule is COc1ccc(C(=O)NCC(CC(C)C)C(=O)O)cc1O. The van der Waals surface area contributed by atoms with Crippen molar-refractivity contribution in [2.75, 3.05) is 13.7 Å². The fourth-order valence-electron chi connectivity index (χ4n) is 1.99. The zero-order valence-corrected chi connectivity index (χ0v) is 12.4. The highest BCUT2D eigenvalue weighted by atomic mass is 16.5. The first kappa shape index (κ1) is 16.8. The van der Waals surface area contributed by atoms with E-state index < -0.39 is 17.8 Å². The number of hydrogen-bond donors (Lipinski definition) is 3. The predicted octanol–water partition coefficient (Wildman–Crippen LogP) is 1.88. The van der Waals surface area contributed by atoms with E-state index in [-0.39, 0.29) is 29.5 Å². The highest BCUT2D eigenvalue weighted by molar-refractivity contribution is 5.95. The minimum atomic E-state index is -0.929. The van der Waals surface area contributed by atoms with E-state index in [1.54, 1.807) is 0 Å². The number of carbonyl (C=O) groups is 2. The second-order valence-electron chi connectivity index (χ2n) is 5.26. The fourth-order valence-corrected chi connectivity index (χ4v) is 1.99. The largest absolute Gasteiger partial charge is 0.504 e. The monoisotopic (exact) mass is 295 g/mol. The Morgan fingerprint density at radius 1 is 1.33 bits per heavy atom. The summed E-state index contributed by atoms with van der Waals surface area (Å²) in [6.45, 7) is 3.91. The lowest BCUT2D eigenvalue weighted by Crippen LogP contribution is -2.33. The number of rotatable bonds is 7. The van der Waals surface area contributed by atoms with Gasteiger partial charge in [-0.25, -0.2) is 0 Å². The van der Waals surface area contributed by atoms with Gasteiger partial charge in [0.25, 0.3) is 5.91 Å². The molecule has 0 aliphatic carbocycles. The van der Waals surface area contributed by atoms with E-state index >= 15 is 0 Å². The summed E-state index contributed by atoms with van der Waals surface area (Å²) in [5.74, 6) is -1.62. The molecule has 0 aliphatic rings. The number of phenols is 1. The second-order valence-corrected chi connectivity index (χ2v) is 5.26. The molecule has 3 N–H and O–H groups in total. The molecule has 0 saturated carbocycles. The molecule has 116 valence electrons. The van der Waals surface area contributed by atoms with Crippen LogP contribution in [-0.4, -0.2) is 35.7 Å². The number of carboxylic acid groups (broad SMARTS) is 1. The number of carbonyl (C=O) groups excluding carboxylic acids is 1. The molecule has 1 atom stereocenters. The van der Waals surface area contributed by atoms with Gasteiger partial charge in [-0.3, -0.25) is 9.59 Å². The molecular formula is C15H21NO5. The summed E-state index contributed by atoms with van der Waals surface area (Å²) in [5, 5.41) is 21.3. The van der Waals surface area contributed by atoms with E-state index in [0.717, 1.165) is 0 Å². The van der Waals surface area contributed by atoms with Gasteiger partial charge in [0.1, 0.15) is 0 Å². The number of amides is 1. The number of nitrogens with one attached hydrogen (secondary N) is 1. The second kappa shape index (κ2) is 7.52. The summed E-state index contributed by atoms with van der Waals surface area (Å²) in [7, 11) is 1.41. The van der Waals surface area contributed by atoms with Crippen molar-refractivity contribution in [3.8, 4) is 11.5 Å². The maximum absolute atomic E-state index is 12.0. The topological polar surface area (TPSA) is 95.9 Å². The number of phenolic OH excluding ortho intramolecular Hbond substituents is 1. The van der Waals surface area contributed by atoms with Crippen molar-refractivity contribution >= 4 is 11.9 Å². The third-order valence-corrected chi connectivity index (χ3v) is 3.06. The average Bonchev–Trinajstić information content (AvgIpc) is 2.42. The minimum Gasteiger partial charge on any atom is -0.504 e. The molecule has 1 rings (SSSR count). The van der Waals surface area contributed by atoms with Gasteiger partial charge in [0.15, 0.2) is 11.5 Å². The van der Waals surface area contributed by atoms with E-state index in [2.05, 4.69) is 5.32 Å². The maximum atomic E-state index is 12.0. The Morgan fingerprint density at radius 3 is 2.48 bits per heavy atom. The standard InChI is InChI=1S/C15H21NO5/c1-9(2)6-11(15(19)20)8-16-14(18)10-4-5-13(21-3)12(17)7-10/h4-5,7,9,11,17H,6,8H2,1-3H3,(H,16,18)(H,19,20). The van der Waals surface area contributed by atoms with E-state index in [9.17, 15) is 14.7 Å². The van der Waals surface area contributed by atoms with Crippen molar-refractivity contribution in [1.29, 1.82) is 0 Å². The highest BCUT2D eigenvalue weighted by Gasteiger charge is 2.20. The molecule has 6 heteroatoms. The molecule has 21 heavy (non-hydrogen) atoms. The van der Waals surface area contributed by atoms with Crippen LogP contribution >= 0.6 is 0 Å². The smallest absolute Gasteiger partial charge is 0.308 e. The molecule has 1 unspecified atom stereocenters. The van der Waals surface area contributed by atoms with Gasteiger partial charge in [-0.1, -0.05) is 13.8 Å². The Kier molecular flexibility index (Phi) is 6.02. The number of benzene rings is 1. The van der Waals surface area contributed by atoms with Crippen LogP contribution in [0.3, 0.4) is 0 Å². The van der Waals surface area contributed by atoms with Gasteiger partial charge in [-0.2, -0.15) is 0 Å². The molecule has 0 aromatic heterocycles. The number of hydrogen-bond acceptors (Lipinski definition) is 4. The van der Waals surface area contributed by atoms with Crippen LogP contribution in [0.25, 0.3) is 0 Å². The molecular weight excluding hydrogens is 274 g/mol. The van der Waals surface area contributed by atoms with Crippen molar-refractivity contribution < 1.29 is 24.5 Å². The van der Waals surface area contributed by atoms with Crippen LogP contribution in [0.4, 0.5) is 0 Å². The molecule has 0 heterocycles. The third kappa shape index (κ3) is 4.98. The van der Waals surface area contributed by atoms with Gasteiger partial charge in [0, 0.05) is 12.1 Å². The lowest BCUT2D eigenvalue weighted by atomic mass is 9.97. The normalized spacial score (nSPS) is 12.0. The van der Waals surface area contributed by atoms with Gasteiger partial charge in [0.2, 0.25) is 0 Å². The van der Waals surface area contributed by atoms with Gasteiger partial charge in [0.05, 0.1) is 13.0 Å². The van der Waals surface area contributed by atoms with E-state index in [1.807, 2.05) is 13.8 Å². The Morgan fingerprint density at radius 2 is 2.00 bits per heavy atom. The quantitative estimate of drug-likeness (QED) is 0.713. The van der Waals surface area contributed by atoms with Crippen LogP contribution in [-0.2, 0) is 4.79 Å². The van der Waals surface area contributed by atoms with Crippen LogP contribution in [0.1, 0.15) is 30.6 Å². The molecule has 0 bridgehead atoms. The molecule has 0 spiro atoms. The van der Waals surface area contributed by atoms with Gasteiger partial charge < -0.3 is 20.3 Å². The molecule has 6 nitrogen and oxygen atoms in total. The van der Waals surface area contributed by atoms with Crippen LogP contribution < -0.4 is 10.1 Å². The Hall–Kier alpha value is -2.24. The summed E-state index contributed by atoms with van der Waals surface area (Å²) in [4.78, 5) is 23.1. The molecule has 0 aliphatic heterocycles. The molecule has 1 amide bonds. The highest BCUT2D eigenvalue weighted by Crippen LogP contribution is 2.26. The van der Waals surface area contributed by atoms with Crippen LogP contribution in [0, 0.1) is 11.8 Å². The number of aliphatic carboxylic acids is 1. The zero-order valence-electron chi connectivity index (χ0n) is 12.4. The number of carboxylic acids is 1. The minimum absolute atomic E-state index is 0.0547. The first-order valence-corrected chi connectivity index (χ1v) is 6.73. The Balaban J connectivity index is 2.68. The zero-order chi connectivity index (χ0) is 16.0. The van der Waals surface area contributed by atoms with Crippen LogP contribution in [0.15, 0.2) is 18.2 Å². The van der Waals surface area contributed by atoms with Crippen molar-refractivity contribution in [1.82, 2.24) is 5.32 Å². The predicted molar refractivity (Wildman–Crippen MR) is 77.6 cm³/mol. The lowest BCUT2D eigenvalue weighted by Gasteiger charge is -2.15. The van der Waals surface area contributed by atoms with Gasteiger partial charge >= 0.3 is 5.97 Å². The summed E-state index contributed by atoms with van der Waals surface area (Å²) in [5.41, 5.74) is 0.252. The van der Waals surface area contributed by atoms with E-state index in [4.69, 9.17) is 9.84 Å². The first-order valence-electron chi connectivity index (χ1n) is 6.73. The summed E-state index contributed by atoms with van der Waals surface area (Å²) >= 11 is 0. The van der Waals surface area contributed by atoms with Crippen molar-refractivity contribution in [3.63, 3.8) is 0 Å². The lowest BCUT2D eigenvalue weighted by molar-refractivity contribution is -0.142. The number of methoxy groups -OCH3 is 1. The van der Waals surface area contributed by atoms with E-state index in [0.29, 0.717) is 6.42 Å². The molecule has 0 fully saturated rings. The Bertz CT molecular complexity index is 513. The molecule has 1 aromatic rings. The molecule has 1 aromatic carbocycles. The van der Waals surface area contributed by atoms with Crippen molar-refractivity contribution in [2.45, 2.75) is 20.3 Å².